The van der Waals surface area contributed by atoms with Gasteiger partial charge in [-0.15, -0.1) is 0 Å². The summed E-state index contributed by atoms with van der Waals surface area (Å²) in [6.45, 7) is 2.10. The standard InChI is InChI=1S/C16H17FN2O/c1-2-12-7-9-13(10-8-12)19-16(20)11-18-15-6-4-3-5-14(15)17/h3-10,18H,2,11H2,1H3,(H,19,20). The quantitative estimate of drug-likeness (QED) is 0.875. The molecule has 0 heterocycles. The fourth-order valence-corrected chi connectivity index (χ4v) is 1.81. The van der Waals surface area contributed by atoms with Gasteiger partial charge in [-0.3, -0.25) is 4.79 Å². The Kier molecular flexibility index (Phi) is 4.71. The van der Waals surface area contributed by atoms with Crippen LogP contribution >= 0.6 is 0 Å². The predicted molar refractivity (Wildman–Crippen MR) is 79.3 cm³/mol. The zero-order chi connectivity index (χ0) is 14.4. The number of nitrogens with one attached hydrogen (secondary N) is 2. The maximum atomic E-state index is 13.4. The molecule has 0 atom stereocenters. The van der Waals surface area contributed by atoms with Crippen molar-refractivity contribution >= 4 is 17.3 Å². The van der Waals surface area contributed by atoms with Gasteiger partial charge in [0.05, 0.1) is 12.2 Å². The van der Waals surface area contributed by atoms with E-state index in [2.05, 4.69) is 17.6 Å². The van der Waals surface area contributed by atoms with Crippen LogP contribution in [0.25, 0.3) is 0 Å². The van der Waals surface area contributed by atoms with E-state index in [9.17, 15) is 9.18 Å². The van der Waals surface area contributed by atoms with E-state index in [1.807, 2.05) is 24.3 Å². The van der Waals surface area contributed by atoms with Crippen molar-refractivity contribution in [3.05, 3.63) is 59.9 Å². The van der Waals surface area contributed by atoms with Crippen molar-refractivity contribution in [1.82, 2.24) is 0 Å². The summed E-state index contributed by atoms with van der Waals surface area (Å²) in [5.74, 6) is -0.579. The smallest absolute Gasteiger partial charge is 0.243 e. The molecule has 0 unspecified atom stereocenters. The number of hydrogen-bond acceptors (Lipinski definition) is 2. The topological polar surface area (TPSA) is 41.1 Å². The maximum absolute atomic E-state index is 13.4. The molecule has 3 nitrogen and oxygen atoms in total. The number of para-hydroxylation sites is 1. The van der Waals surface area contributed by atoms with Crippen molar-refractivity contribution in [3.8, 4) is 0 Å². The van der Waals surface area contributed by atoms with Gasteiger partial charge in [0.15, 0.2) is 0 Å². The van der Waals surface area contributed by atoms with E-state index in [0.29, 0.717) is 5.69 Å². The van der Waals surface area contributed by atoms with E-state index in [1.54, 1.807) is 18.2 Å². The van der Waals surface area contributed by atoms with Crippen molar-refractivity contribution in [3.63, 3.8) is 0 Å². The van der Waals surface area contributed by atoms with Gasteiger partial charge in [0.2, 0.25) is 5.91 Å². The summed E-state index contributed by atoms with van der Waals surface area (Å²) in [4.78, 5) is 11.8. The van der Waals surface area contributed by atoms with Gasteiger partial charge in [0, 0.05) is 5.69 Å². The molecule has 0 aromatic heterocycles. The molecule has 0 fully saturated rings. The Bertz CT molecular complexity index is 581. The van der Waals surface area contributed by atoms with Crippen LogP contribution in [-0.4, -0.2) is 12.5 Å². The molecule has 0 spiro atoms. The monoisotopic (exact) mass is 272 g/mol. The maximum Gasteiger partial charge on any atom is 0.243 e. The fraction of sp³-hybridized carbons (Fsp3) is 0.188. The molecule has 104 valence electrons. The molecule has 0 saturated carbocycles. The summed E-state index contributed by atoms with van der Waals surface area (Å²) < 4.78 is 13.4. The van der Waals surface area contributed by atoms with Crippen molar-refractivity contribution < 1.29 is 9.18 Å². The van der Waals surface area contributed by atoms with Crippen LogP contribution in [-0.2, 0) is 11.2 Å². The Morgan fingerprint density at radius 3 is 2.45 bits per heavy atom. The highest BCUT2D eigenvalue weighted by molar-refractivity contribution is 5.93. The zero-order valence-electron chi connectivity index (χ0n) is 11.3. The molecular weight excluding hydrogens is 255 g/mol. The first-order chi connectivity index (χ1) is 9.69. The van der Waals surface area contributed by atoms with Crippen LogP contribution < -0.4 is 10.6 Å². The largest absolute Gasteiger partial charge is 0.374 e. The van der Waals surface area contributed by atoms with Crippen LogP contribution in [0.1, 0.15) is 12.5 Å². The SMILES string of the molecule is CCc1ccc(NC(=O)CNc2ccccc2F)cc1. The van der Waals surface area contributed by atoms with Gasteiger partial charge in [0.25, 0.3) is 0 Å². The van der Waals surface area contributed by atoms with E-state index in [-0.39, 0.29) is 18.3 Å². The lowest BCUT2D eigenvalue weighted by atomic mass is 10.1. The molecule has 0 radical (unpaired) electrons. The number of rotatable bonds is 5. The molecule has 2 aromatic carbocycles. The molecule has 0 bridgehead atoms. The predicted octanol–water partition coefficient (Wildman–Crippen LogP) is 3.44. The highest BCUT2D eigenvalue weighted by atomic mass is 19.1. The van der Waals surface area contributed by atoms with E-state index in [1.165, 1.54) is 11.6 Å². The first-order valence-electron chi connectivity index (χ1n) is 6.56. The summed E-state index contributed by atoms with van der Waals surface area (Å²) in [6, 6.07) is 13.9. The Balaban J connectivity index is 1.87. The summed E-state index contributed by atoms with van der Waals surface area (Å²) in [7, 11) is 0. The fourth-order valence-electron chi connectivity index (χ4n) is 1.81. The minimum atomic E-state index is -0.368. The second-order valence-electron chi connectivity index (χ2n) is 4.43. The third-order valence-corrected chi connectivity index (χ3v) is 2.96. The molecule has 2 rings (SSSR count). The van der Waals surface area contributed by atoms with E-state index in [0.717, 1.165) is 12.1 Å². The minimum Gasteiger partial charge on any atom is -0.374 e. The van der Waals surface area contributed by atoms with Crippen LogP contribution in [0.15, 0.2) is 48.5 Å². The summed E-state index contributed by atoms with van der Waals surface area (Å²) in [5, 5.41) is 5.53. The highest BCUT2D eigenvalue weighted by Gasteiger charge is 2.04. The average molecular weight is 272 g/mol. The lowest BCUT2D eigenvalue weighted by Gasteiger charge is -2.08. The zero-order valence-corrected chi connectivity index (χ0v) is 11.3. The molecule has 0 saturated heterocycles. The molecule has 0 aliphatic carbocycles. The second kappa shape index (κ2) is 6.70. The van der Waals surface area contributed by atoms with E-state index >= 15 is 0 Å². The number of amides is 1. The molecule has 4 heteroatoms. The van der Waals surface area contributed by atoms with Crippen molar-refractivity contribution in [2.24, 2.45) is 0 Å². The van der Waals surface area contributed by atoms with E-state index in [4.69, 9.17) is 0 Å². The summed E-state index contributed by atoms with van der Waals surface area (Å²) >= 11 is 0. The summed E-state index contributed by atoms with van der Waals surface area (Å²) in [6.07, 6.45) is 0.961. The van der Waals surface area contributed by atoms with Crippen molar-refractivity contribution in [2.45, 2.75) is 13.3 Å². The lowest BCUT2D eigenvalue weighted by Crippen LogP contribution is -2.22. The van der Waals surface area contributed by atoms with Gasteiger partial charge < -0.3 is 10.6 Å². The van der Waals surface area contributed by atoms with Gasteiger partial charge >= 0.3 is 0 Å². The normalized spacial score (nSPS) is 10.1. The molecular formula is C16H17FN2O. The molecule has 2 N–H and O–H groups in total. The summed E-state index contributed by atoms with van der Waals surface area (Å²) in [5.41, 5.74) is 2.28. The number of hydrogen-bond donors (Lipinski definition) is 2. The molecule has 0 aliphatic heterocycles. The van der Waals surface area contributed by atoms with Crippen LogP contribution in [0.2, 0.25) is 0 Å². The Labute approximate surface area is 117 Å². The van der Waals surface area contributed by atoms with Gasteiger partial charge in [0.1, 0.15) is 5.82 Å². The van der Waals surface area contributed by atoms with Gasteiger partial charge in [-0.05, 0) is 36.2 Å². The first kappa shape index (κ1) is 14.1. The number of halogens is 1. The van der Waals surface area contributed by atoms with Gasteiger partial charge in [-0.1, -0.05) is 31.2 Å². The van der Waals surface area contributed by atoms with Crippen LogP contribution in [0.3, 0.4) is 0 Å². The average Bonchev–Trinajstić information content (AvgIpc) is 2.47. The Hall–Kier alpha value is -2.36. The van der Waals surface area contributed by atoms with Crippen LogP contribution in [0, 0.1) is 5.82 Å². The molecule has 20 heavy (non-hydrogen) atoms. The lowest BCUT2D eigenvalue weighted by molar-refractivity contribution is -0.114. The number of benzene rings is 2. The number of carbonyl (C=O) groups excluding carboxylic acids is 1. The third kappa shape index (κ3) is 3.82. The van der Waals surface area contributed by atoms with Crippen molar-refractivity contribution in [1.29, 1.82) is 0 Å². The van der Waals surface area contributed by atoms with Crippen molar-refractivity contribution in [2.75, 3.05) is 17.2 Å². The van der Waals surface area contributed by atoms with Crippen LogP contribution in [0.5, 0.6) is 0 Å². The first-order valence-corrected chi connectivity index (χ1v) is 6.56. The Morgan fingerprint density at radius 2 is 1.80 bits per heavy atom. The van der Waals surface area contributed by atoms with Gasteiger partial charge in [-0.25, -0.2) is 4.39 Å². The Morgan fingerprint density at radius 1 is 1.10 bits per heavy atom. The third-order valence-electron chi connectivity index (χ3n) is 2.96. The number of aryl methyl sites for hydroxylation is 1. The van der Waals surface area contributed by atoms with Crippen LogP contribution in [0.4, 0.5) is 15.8 Å². The second-order valence-corrected chi connectivity index (χ2v) is 4.43. The number of anilines is 2. The molecule has 2 aromatic rings. The molecule has 1 amide bonds. The van der Waals surface area contributed by atoms with E-state index < -0.39 is 0 Å². The highest BCUT2D eigenvalue weighted by Crippen LogP contribution is 2.12. The number of carbonyl (C=O) groups is 1. The molecule has 0 aliphatic rings. The van der Waals surface area contributed by atoms with Gasteiger partial charge in [-0.2, -0.15) is 0 Å². The minimum absolute atomic E-state index is 0.0243.